The first-order valence-corrected chi connectivity index (χ1v) is 17.5. The average Bonchev–Trinajstić information content (AvgIpc) is 3.04. The molecule has 0 heterocycles. The third-order valence-electron chi connectivity index (χ3n) is 7.17. The van der Waals surface area contributed by atoms with Gasteiger partial charge in [-0.05, 0) is 60.0 Å². The molecule has 0 spiro atoms. The van der Waals surface area contributed by atoms with Gasteiger partial charge in [-0.15, -0.1) is 0 Å². The van der Waals surface area contributed by atoms with Gasteiger partial charge in [-0.1, -0.05) is 113 Å². The molecule has 0 aliphatic rings. The zero-order valence-corrected chi connectivity index (χ0v) is 28.6. The summed E-state index contributed by atoms with van der Waals surface area (Å²) >= 11 is 15.9. The number of halogens is 3. The number of anilines is 1. The molecular formula is C34H34BrCl2N3O4S. The highest BCUT2D eigenvalue weighted by Crippen LogP contribution is 2.31. The van der Waals surface area contributed by atoms with Crippen molar-refractivity contribution in [2.24, 2.45) is 0 Å². The summed E-state index contributed by atoms with van der Waals surface area (Å²) in [6.07, 6.45) is 1.91. The molecule has 236 valence electrons. The van der Waals surface area contributed by atoms with E-state index >= 15 is 0 Å². The highest BCUT2D eigenvalue weighted by molar-refractivity contribution is 9.10. The first-order valence-electron chi connectivity index (χ1n) is 14.5. The third-order valence-corrected chi connectivity index (χ3v) is 10.2. The molecule has 2 amide bonds. The molecule has 0 aliphatic heterocycles. The molecule has 1 atom stereocenters. The average molecular weight is 732 g/mol. The number of nitrogens with one attached hydrogen (secondary N) is 1. The van der Waals surface area contributed by atoms with Crippen molar-refractivity contribution in [3.8, 4) is 0 Å². The number of nitrogens with zero attached hydrogens (tertiary/aromatic N) is 2. The highest BCUT2D eigenvalue weighted by atomic mass is 79.9. The summed E-state index contributed by atoms with van der Waals surface area (Å²) in [4.78, 5) is 29.7. The van der Waals surface area contributed by atoms with Gasteiger partial charge in [-0.3, -0.25) is 13.9 Å². The summed E-state index contributed by atoms with van der Waals surface area (Å²) in [5, 5.41) is 3.37. The van der Waals surface area contributed by atoms with Crippen molar-refractivity contribution in [1.29, 1.82) is 0 Å². The van der Waals surface area contributed by atoms with Gasteiger partial charge < -0.3 is 10.2 Å². The molecule has 7 nitrogen and oxygen atoms in total. The Hall–Kier alpha value is -3.37. The van der Waals surface area contributed by atoms with Crippen molar-refractivity contribution in [2.45, 2.75) is 43.7 Å². The lowest BCUT2D eigenvalue weighted by atomic mass is 10.0. The monoisotopic (exact) mass is 729 g/mol. The number of hydrogen-bond donors (Lipinski definition) is 1. The zero-order chi connectivity index (χ0) is 32.4. The SMILES string of the molecule is CCCCNC(=O)[C@H](Cc1ccccc1)N(Cc1ccc(Br)cc1)C(=O)CN(c1ccc(Cl)c(Cl)c1)S(=O)(=O)c1ccccc1. The zero-order valence-electron chi connectivity index (χ0n) is 24.7. The summed E-state index contributed by atoms with van der Waals surface area (Å²) in [6.45, 7) is 1.98. The van der Waals surface area contributed by atoms with Crippen LogP contribution >= 0.6 is 39.1 Å². The highest BCUT2D eigenvalue weighted by Gasteiger charge is 2.34. The van der Waals surface area contributed by atoms with Gasteiger partial charge >= 0.3 is 0 Å². The molecule has 4 aromatic rings. The Labute approximate surface area is 283 Å². The normalized spacial score (nSPS) is 11.9. The van der Waals surface area contributed by atoms with Crippen LogP contribution in [-0.2, 0) is 32.6 Å². The molecule has 0 unspecified atom stereocenters. The number of benzene rings is 4. The number of unbranched alkanes of at least 4 members (excludes halogenated alkanes) is 1. The Morgan fingerprint density at radius 2 is 1.49 bits per heavy atom. The standard InChI is InChI=1S/C34H34BrCl2N3O4S/c1-2-3-20-38-34(42)32(21-25-10-6-4-7-11-25)39(23-26-14-16-27(35)17-15-26)33(41)24-40(28-18-19-30(36)31(37)22-28)45(43,44)29-12-8-5-9-13-29/h4-19,22,32H,2-3,20-21,23-24H2,1H3,(H,38,42)/t32-/m0/s1. The molecule has 0 saturated carbocycles. The number of rotatable bonds is 14. The predicted octanol–water partition coefficient (Wildman–Crippen LogP) is 7.51. The van der Waals surface area contributed by atoms with E-state index < -0.39 is 28.5 Å². The number of sulfonamides is 1. The van der Waals surface area contributed by atoms with Gasteiger partial charge in [-0.25, -0.2) is 8.42 Å². The Morgan fingerprint density at radius 1 is 0.844 bits per heavy atom. The number of carbonyl (C=O) groups is 2. The van der Waals surface area contributed by atoms with Crippen LogP contribution in [0.3, 0.4) is 0 Å². The summed E-state index contributed by atoms with van der Waals surface area (Å²) < 4.78 is 30.0. The number of amides is 2. The largest absolute Gasteiger partial charge is 0.354 e. The fourth-order valence-corrected chi connectivity index (χ4v) is 6.72. The lowest BCUT2D eigenvalue weighted by Crippen LogP contribution is -2.53. The smallest absolute Gasteiger partial charge is 0.264 e. The summed E-state index contributed by atoms with van der Waals surface area (Å²) in [7, 11) is -4.24. The van der Waals surface area contributed by atoms with Crippen LogP contribution in [0.25, 0.3) is 0 Å². The van der Waals surface area contributed by atoms with Crippen molar-refractivity contribution < 1.29 is 18.0 Å². The van der Waals surface area contributed by atoms with E-state index in [1.54, 1.807) is 18.2 Å². The summed E-state index contributed by atoms with van der Waals surface area (Å²) in [5.41, 5.74) is 1.80. The Morgan fingerprint density at radius 3 is 2.11 bits per heavy atom. The maximum Gasteiger partial charge on any atom is 0.264 e. The minimum absolute atomic E-state index is 0.00137. The first-order chi connectivity index (χ1) is 21.6. The van der Waals surface area contributed by atoms with Crippen molar-refractivity contribution in [2.75, 3.05) is 17.4 Å². The topological polar surface area (TPSA) is 86.8 Å². The quantitative estimate of drug-likeness (QED) is 0.136. The third kappa shape index (κ3) is 9.33. The Kier molecular flexibility index (Phi) is 12.5. The minimum Gasteiger partial charge on any atom is -0.354 e. The van der Waals surface area contributed by atoms with Crippen molar-refractivity contribution in [3.63, 3.8) is 0 Å². The van der Waals surface area contributed by atoms with Crippen molar-refractivity contribution in [3.05, 3.63) is 129 Å². The van der Waals surface area contributed by atoms with E-state index in [-0.39, 0.29) is 39.5 Å². The lowest BCUT2D eigenvalue weighted by molar-refractivity contribution is -0.140. The second-order valence-electron chi connectivity index (χ2n) is 10.4. The number of hydrogen-bond acceptors (Lipinski definition) is 4. The van der Waals surface area contributed by atoms with Crippen LogP contribution in [0, 0.1) is 0 Å². The van der Waals surface area contributed by atoms with Crippen molar-refractivity contribution >= 4 is 66.7 Å². The van der Waals surface area contributed by atoms with Gasteiger partial charge in [0.05, 0.1) is 20.6 Å². The van der Waals surface area contributed by atoms with E-state index in [1.807, 2.05) is 61.5 Å². The van der Waals surface area contributed by atoms with E-state index in [1.165, 1.54) is 35.2 Å². The van der Waals surface area contributed by atoms with E-state index in [2.05, 4.69) is 21.2 Å². The van der Waals surface area contributed by atoms with Crippen LogP contribution < -0.4 is 9.62 Å². The predicted molar refractivity (Wildman–Crippen MR) is 184 cm³/mol. The maximum atomic E-state index is 14.5. The van der Waals surface area contributed by atoms with Gasteiger partial charge in [0, 0.05) is 24.0 Å². The van der Waals surface area contributed by atoms with Gasteiger partial charge in [0.1, 0.15) is 12.6 Å². The molecule has 0 radical (unpaired) electrons. The first kappa shape index (κ1) is 34.5. The molecule has 45 heavy (non-hydrogen) atoms. The molecule has 0 fully saturated rings. The molecule has 0 saturated heterocycles. The van der Waals surface area contributed by atoms with Gasteiger partial charge in [0.2, 0.25) is 11.8 Å². The minimum atomic E-state index is -4.24. The van der Waals surface area contributed by atoms with Crippen LogP contribution in [0.5, 0.6) is 0 Å². The van der Waals surface area contributed by atoms with E-state index in [9.17, 15) is 18.0 Å². The van der Waals surface area contributed by atoms with E-state index in [0.29, 0.717) is 6.54 Å². The van der Waals surface area contributed by atoms with Gasteiger partial charge in [0.15, 0.2) is 0 Å². The summed E-state index contributed by atoms with van der Waals surface area (Å²) in [6, 6.07) is 28.2. The summed E-state index contributed by atoms with van der Waals surface area (Å²) in [5.74, 6) is -0.875. The molecule has 0 aliphatic carbocycles. The molecule has 4 rings (SSSR count). The number of carbonyl (C=O) groups excluding carboxylic acids is 2. The van der Waals surface area contributed by atoms with Gasteiger partial charge in [-0.2, -0.15) is 0 Å². The fraction of sp³-hybridized carbons (Fsp3) is 0.235. The molecule has 11 heteroatoms. The molecule has 1 N–H and O–H groups in total. The van der Waals surface area contributed by atoms with Crippen LogP contribution in [0.1, 0.15) is 30.9 Å². The Bertz CT molecular complexity index is 1690. The second-order valence-corrected chi connectivity index (χ2v) is 14.0. The van der Waals surface area contributed by atoms with Crippen LogP contribution in [0.4, 0.5) is 5.69 Å². The lowest BCUT2D eigenvalue weighted by Gasteiger charge is -2.34. The molecular weight excluding hydrogens is 697 g/mol. The fourth-order valence-electron chi connectivity index (χ4n) is 4.74. The van der Waals surface area contributed by atoms with Crippen LogP contribution in [0.15, 0.2) is 112 Å². The maximum absolute atomic E-state index is 14.5. The van der Waals surface area contributed by atoms with Gasteiger partial charge in [0.25, 0.3) is 10.0 Å². The van der Waals surface area contributed by atoms with Crippen LogP contribution in [0.2, 0.25) is 10.0 Å². The van der Waals surface area contributed by atoms with Crippen molar-refractivity contribution in [1.82, 2.24) is 10.2 Å². The molecule has 0 bridgehead atoms. The van der Waals surface area contributed by atoms with E-state index in [0.717, 1.165) is 32.7 Å². The molecule has 4 aromatic carbocycles. The second kappa shape index (κ2) is 16.3. The molecule has 0 aromatic heterocycles. The Balaban J connectivity index is 1.79. The van der Waals surface area contributed by atoms with E-state index in [4.69, 9.17) is 23.2 Å². The van der Waals surface area contributed by atoms with Crippen LogP contribution in [-0.4, -0.2) is 44.3 Å².